The van der Waals surface area contributed by atoms with Crippen LogP contribution in [0.3, 0.4) is 0 Å². The van der Waals surface area contributed by atoms with Gasteiger partial charge in [-0.25, -0.2) is 0 Å². The van der Waals surface area contributed by atoms with E-state index in [1.807, 2.05) is 24.3 Å². The number of β-amino-alcohol motifs (C(OH)–C–C–N with tert-alkyl or cyclic N) is 1. The van der Waals surface area contributed by atoms with E-state index in [2.05, 4.69) is 59.2 Å². The Morgan fingerprint density at radius 2 is 1.68 bits per heavy atom. The number of aliphatic hydroxyl groups excluding tert-OH is 1. The number of rotatable bonds is 6. The number of piperazine rings is 1. The number of aryl methyl sites for hydroxylation is 1. The first kappa shape index (κ1) is 18.8. The van der Waals surface area contributed by atoms with Crippen LogP contribution in [0, 0.1) is 6.92 Å². The molecule has 1 atom stereocenters. The van der Waals surface area contributed by atoms with E-state index in [0.717, 1.165) is 42.7 Å². The van der Waals surface area contributed by atoms with Gasteiger partial charge in [-0.2, -0.15) is 0 Å². The summed E-state index contributed by atoms with van der Waals surface area (Å²) in [6.07, 6.45) is -0.496. The lowest BCUT2D eigenvalue weighted by atomic mass is 10.1. The molecule has 0 radical (unpaired) electrons. The summed E-state index contributed by atoms with van der Waals surface area (Å²) >= 11 is 0. The number of fused-ring (bicyclic) bond motifs is 1. The van der Waals surface area contributed by atoms with Crippen LogP contribution < -0.4 is 9.64 Å². The van der Waals surface area contributed by atoms with Crippen molar-refractivity contribution in [2.24, 2.45) is 0 Å². The summed E-state index contributed by atoms with van der Waals surface area (Å²) in [5.41, 5.74) is 2.58. The molecule has 1 aliphatic heterocycles. The molecule has 1 unspecified atom stereocenters. The summed E-state index contributed by atoms with van der Waals surface area (Å²) in [4.78, 5) is 4.74. The maximum Gasteiger partial charge on any atom is 0.127 e. The Kier molecular flexibility index (Phi) is 5.79. The van der Waals surface area contributed by atoms with E-state index in [1.54, 1.807) is 0 Å². The van der Waals surface area contributed by atoms with Crippen molar-refractivity contribution in [3.05, 3.63) is 72.3 Å². The number of hydrogen-bond acceptors (Lipinski definition) is 4. The standard InChI is InChI=1S/C24H28N2O2/c1-19-6-4-9-21(16-19)26-14-12-25(13-15-26)17-22(27)18-28-24-11-5-8-20-7-2-3-10-23(20)24/h2-11,16,22,27H,12-15,17-18H2,1H3. The fourth-order valence-corrected chi connectivity index (χ4v) is 3.87. The zero-order chi connectivity index (χ0) is 19.3. The molecule has 0 saturated carbocycles. The molecule has 28 heavy (non-hydrogen) atoms. The van der Waals surface area contributed by atoms with Crippen molar-refractivity contribution >= 4 is 16.5 Å². The van der Waals surface area contributed by atoms with Crippen LogP contribution in [0.5, 0.6) is 5.75 Å². The number of ether oxygens (including phenoxy) is 1. The maximum absolute atomic E-state index is 10.5. The second-order valence-corrected chi connectivity index (χ2v) is 7.57. The van der Waals surface area contributed by atoms with Crippen molar-refractivity contribution in [2.45, 2.75) is 13.0 Å². The van der Waals surface area contributed by atoms with E-state index < -0.39 is 6.10 Å². The summed E-state index contributed by atoms with van der Waals surface area (Å²) in [6, 6.07) is 22.9. The number of benzene rings is 3. The molecule has 0 aromatic heterocycles. The normalized spacial score (nSPS) is 16.3. The molecule has 1 heterocycles. The van der Waals surface area contributed by atoms with Crippen LogP contribution in [-0.4, -0.2) is 55.4 Å². The number of aliphatic hydroxyl groups is 1. The van der Waals surface area contributed by atoms with E-state index >= 15 is 0 Å². The maximum atomic E-state index is 10.5. The van der Waals surface area contributed by atoms with Gasteiger partial charge in [0.2, 0.25) is 0 Å². The molecule has 4 nitrogen and oxygen atoms in total. The fraction of sp³-hybridized carbons (Fsp3) is 0.333. The Labute approximate surface area is 167 Å². The average molecular weight is 377 g/mol. The molecular formula is C24H28N2O2. The molecule has 1 fully saturated rings. The van der Waals surface area contributed by atoms with E-state index in [9.17, 15) is 5.11 Å². The monoisotopic (exact) mass is 376 g/mol. The molecule has 3 aromatic carbocycles. The Balaban J connectivity index is 1.27. The molecule has 4 rings (SSSR count). The number of anilines is 1. The molecule has 1 aliphatic rings. The van der Waals surface area contributed by atoms with Gasteiger partial charge in [-0.05, 0) is 36.1 Å². The molecule has 1 saturated heterocycles. The van der Waals surface area contributed by atoms with E-state index in [-0.39, 0.29) is 0 Å². The quantitative estimate of drug-likeness (QED) is 0.711. The highest BCUT2D eigenvalue weighted by molar-refractivity contribution is 5.88. The highest BCUT2D eigenvalue weighted by Gasteiger charge is 2.20. The van der Waals surface area contributed by atoms with Gasteiger partial charge in [-0.1, -0.05) is 48.5 Å². The topological polar surface area (TPSA) is 35.9 Å². The van der Waals surface area contributed by atoms with Gasteiger partial charge in [0.1, 0.15) is 18.5 Å². The predicted octanol–water partition coefficient (Wildman–Crippen LogP) is 3.71. The first-order valence-electron chi connectivity index (χ1n) is 10.0. The van der Waals surface area contributed by atoms with Gasteiger partial charge in [0.15, 0.2) is 0 Å². The van der Waals surface area contributed by atoms with Crippen LogP contribution in [0.4, 0.5) is 5.69 Å². The predicted molar refractivity (Wildman–Crippen MR) is 115 cm³/mol. The minimum atomic E-state index is -0.496. The van der Waals surface area contributed by atoms with E-state index in [1.165, 1.54) is 11.3 Å². The first-order valence-corrected chi connectivity index (χ1v) is 10.0. The smallest absolute Gasteiger partial charge is 0.127 e. The first-order chi connectivity index (χ1) is 13.7. The lowest BCUT2D eigenvalue weighted by molar-refractivity contribution is 0.0668. The van der Waals surface area contributed by atoms with Crippen LogP contribution in [0.15, 0.2) is 66.7 Å². The van der Waals surface area contributed by atoms with Gasteiger partial charge in [-0.3, -0.25) is 4.90 Å². The molecule has 0 amide bonds. The van der Waals surface area contributed by atoms with Gasteiger partial charge < -0.3 is 14.7 Å². The largest absolute Gasteiger partial charge is 0.490 e. The summed E-state index contributed by atoms with van der Waals surface area (Å²) in [6.45, 7) is 6.98. The fourth-order valence-electron chi connectivity index (χ4n) is 3.87. The number of nitrogens with zero attached hydrogens (tertiary/aromatic N) is 2. The van der Waals surface area contributed by atoms with E-state index in [4.69, 9.17) is 4.74 Å². The van der Waals surface area contributed by atoms with Gasteiger partial charge >= 0.3 is 0 Å². The molecule has 0 bridgehead atoms. The van der Waals surface area contributed by atoms with Crippen molar-refractivity contribution in [3.63, 3.8) is 0 Å². The van der Waals surface area contributed by atoms with Crippen molar-refractivity contribution < 1.29 is 9.84 Å². The van der Waals surface area contributed by atoms with Crippen molar-refractivity contribution in [1.29, 1.82) is 0 Å². The second-order valence-electron chi connectivity index (χ2n) is 7.57. The van der Waals surface area contributed by atoms with Crippen molar-refractivity contribution in [3.8, 4) is 5.75 Å². The Morgan fingerprint density at radius 1 is 0.929 bits per heavy atom. The van der Waals surface area contributed by atoms with Crippen LogP contribution in [0.1, 0.15) is 5.56 Å². The minimum Gasteiger partial charge on any atom is -0.490 e. The lowest BCUT2D eigenvalue weighted by Gasteiger charge is -2.37. The van der Waals surface area contributed by atoms with Crippen LogP contribution in [0.25, 0.3) is 10.8 Å². The third kappa shape index (κ3) is 4.46. The SMILES string of the molecule is Cc1cccc(N2CCN(CC(O)COc3cccc4ccccc34)CC2)c1. The van der Waals surface area contributed by atoms with Gasteiger partial charge in [-0.15, -0.1) is 0 Å². The highest BCUT2D eigenvalue weighted by atomic mass is 16.5. The Bertz CT molecular complexity index is 914. The summed E-state index contributed by atoms with van der Waals surface area (Å²) in [5, 5.41) is 12.7. The molecule has 4 heteroatoms. The molecule has 1 N–H and O–H groups in total. The van der Waals surface area contributed by atoms with Gasteiger partial charge in [0.05, 0.1) is 0 Å². The van der Waals surface area contributed by atoms with E-state index in [0.29, 0.717) is 13.2 Å². The molecular weight excluding hydrogens is 348 g/mol. The van der Waals surface area contributed by atoms with Crippen molar-refractivity contribution in [1.82, 2.24) is 4.90 Å². The minimum absolute atomic E-state index is 0.312. The third-order valence-corrected chi connectivity index (χ3v) is 5.39. The van der Waals surface area contributed by atoms with Crippen molar-refractivity contribution in [2.75, 3.05) is 44.2 Å². The zero-order valence-corrected chi connectivity index (χ0v) is 16.4. The van der Waals surface area contributed by atoms with Crippen LogP contribution >= 0.6 is 0 Å². The summed E-state index contributed by atoms with van der Waals surface area (Å²) in [7, 11) is 0. The zero-order valence-electron chi connectivity index (χ0n) is 16.4. The Morgan fingerprint density at radius 3 is 2.50 bits per heavy atom. The highest BCUT2D eigenvalue weighted by Crippen LogP contribution is 2.25. The molecule has 146 valence electrons. The molecule has 3 aromatic rings. The average Bonchev–Trinajstić information content (AvgIpc) is 2.73. The molecule has 0 spiro atoms. The second kappa shape index (κ2) is 8.63. The summed E-state index contributed by atoms with van der Waals surface area (Å²) in [5.74, 6) is 0.835. The Hall–Kier alpha value is -2.56. The van der Waals surface area contributed by atoms with Gasteiger partial charge in [0, 0.05) is 43.8 Å². The molecule has 0 aliphatic carbocycles. The van der Waals surface area contributed by atoms with Crippen LogP contribution in [0.2, 0.25) is 0 Å². The number of hydrogen-bond donors (Lipinski definition) is 1. The lowest BCUT2D eigenvalue weighted by Crippen LogP contribution is -2.49. The third-order valence-electron chi connectivity index (χ3n) is 5.39. The van der Waals surface area contributed by atoms with Crippen LogP contribution in [-0.2, 0) is 0 Å². The summed E-state index contributed by atoms with van der Waals surface area (Å²) < 4.78 is 5.94. The van der Waals surface area contributed by atoms with Gasteiger partial charge in [0.25, 0.3) is 0 Å².